The molecule has 0 aromatic heterocycles. The van der Waals surface area contributed by atoms with Crippen LogP contribution in [0, 0.1) is 0 Å². The van der Waals surface area contributed by atoms with Gasteiger partial charge in [0.25, 0.3) is 0 Å². The van der Waals surface area contributed by atoms with E-state index in [-0.39, 0.29) is 5.25 Å². The zero-order chi connectivity index (χ0) is 12.3. The monoisotopic (exact) mass is 244 g/mol. The summed E-state index contributed by atoms with van der Waals surface area (Å²) < 4.78 is 12.4. The van der Waals surface area contributed by atoms with Gasteiger partial charge in [-0.05, 0) is 31.6 Å². The molecule has 1 aliphatic carbocycles. The van der Waals surface area contributed by atoms with Crippen LogP contribution in [-0.2, 0) is 10.8 Å². The molecule has 0 N–H and O–H groups in total. The molecule has 0 aliphatic heterocycles. The van der Waals surface area contributed by atoms with Crippen LogP contribution in [0.1, 0.15) is 13.8 Å². The van der Waals surface area contributed by atoms with Crippen molar-refractivity contribution >= 4 is 10.8 Å². The largest absolute Gasteiger partial charge is 0.254 e. The molecule has 1 nitrogen and oxygen atoms in total. The summed E-state index contributed by atoms with van der Waals surface area (Å²) in [5.41, 5.74) is 2.36. The van der Waals surface area contributed by atoms with E-state index in [0.29, 0.717) is 0 Å². The molecule has 1 aromatic carbocycles. The molecular weight excluding hydrogens is 228 g/mol. The second-order valence-corrected chi connectivity index (χ2v) is 5.88. The van der Waals surface area contributed by atoms with E-state index in [9.17, 15) is 4.21 Å². The highest BCUT2D eigenvalue weighted by Crippen LogP contribution is 2.22. The summed E-state index contributed by atoms with van der Waals surface area (Å²) in [6.07, 6.45) is 8.15. The molecule has 0 bridgehead atoms. The highest BCUT2D eigenvalue weighted by Gasteiger charge is 2.16. The van der Waals surface area contributed by atoms with E-state index >= 15 is 0 Å². The predicted molar refractivity (Wildman–Crippen MR) is 73.3 cm³/mol. The van der Waals surface area contributed by atoms with Crippen LogP contribution in [-0.4, -0.2) is 9.46 Å². The summed E-state index contributed by atoms with van der Waals surface area (Å²) in [7, 11) is -0.980. The van der Waals surface area contributed by atoms with Gasteiger partial charge in [-0.15, -0.1) is 0 Å². The minimum atomic E-state index is -0.980. The van der Waals surface area contributed by atoms with Crippen LogP contribution in [0.2, 0.25) is 0 Å². The Morgan fingerprint density at radius 2 is 1.71 bits per heavy atom. The van der Waals surface area contributed by atoms with E-state index < -0.39 is 10.8 Å². The third-order valence-corrected chi connectivity index (χ3v) is 4.76. The van der Waals surface area contributed by atoms with Gasteiger partial charge in [-0.25, -0.2) is 0 Å². The number of hydrogen-bond acceptors (Lipinski definition) is 1. The first-order valence-electron chi connectivity index (χ1n) is 5.71. The molecule has 0 heterocycles. The van der Waals surface area contributed by atoms with Crippen molar-refractivity contribution < 1.29 is 4.21 Å². The van der Waals surface area contributed by atoms with Crippen molar-refractivity contribution in [1.82, 2.24) is 0 Å². The highest BCUT2D eigenvalue weighted by atomic mass is 32.2. The number of rotatable bonds is 3. The van der Waals surface area contributed by atoms with Gasteiger partial charge in [-0.3, -0.25) is 4.21 Å². The van der Waals surface area contributed by atoms with Gasteiger partial charge in [0, 0.05) is 4.90 Å². The van der Waals surface area contributed by atoms with Gasteiger partial charge in [0.1, 0.15) is 0 Å². The predicted octanol–water partition coefficient (Wildman–Crippen LogP) is 3.63. The Balaban J connectivity index is 2.24. The Bertz CT molecular complexity index is 495. The zero-order valence-electron chi connectivity index (χ0n) is 10.1. The van der Waals surface area contributed by atoms with Crippen molar-refractivity contribution in [3.63, 3.8) is 0 Å². The fraction of sp³-hybridized carbons (Fsp3) is 0.200. The fourth-order valence-electron chi connectivity index (χ4n) is 1.79. The van der Waals surface area contributed by atoms with Crippen LogP contribution < -0.4 is 0 Å². The molecule has 1 aromatic rings. The molecule has 0 amide bonds. The van der Waals surface area contributed by atoms with Gasteiger partial charge < -0.3 is 0 Å². The van der Waals surface area contributed by atoms with Crippen molar-refractivity contribution in [3.05, 3.63) is 65.8 Å². The van der Waals surface area contributed by atoms with E-state index in [1.165, 1.54) is 11.1 Å². The summed E-state index contributed by atoms with van der Waals surface area (Å²) in [5.74, 6) is 0. The average molecular weight is 244 g/mol. The van der Waals surface area contributed by atoms with Gasteiger partial charge >= 0.3 is 0 Å². The van der Waals surface area contributed by atoms with Crippen LogP contribution in [0.3, 0.4) is 0 Å². The number of hydrogen-bond donors (Lipinski definition) is 0. The van der Waals surface area contributed by atoms with Gasteiger partial charge in [-0.2, -0.15) is 0 Å². The first-order valence-corrected chi connectivity index (χ1v) is 6.92. The smallest absolute Gasteiger partial charge is 0.0599 e. The van der Waals surface area contributed by atoms with Crippen molar-refractivity contribution in [1.29, 1.82) is 0 Å². The molecule has 17 heavy (non-hydrogen) atoms. The van der Waals surface area contributed by atoms with Crippen LogP contribution >= 0.6 is 0 Å². The molecule has 88 valence electrons. The summed E-state index contributed by atoms with van der Waals surface area (Å²) in [6, 6.07) is 9.64. The second kappa shape index (κ2) is 5.28. The maximum absolute atomic E-state index is 12.4. The van der Waals surface area contributed by atoms with Crippen molar-refractivity contribution in [3.8, 4) is 0 Å². The van der Waals surface area contributed by atoms with Crippen molar-refractivity contribution in [2.75, 3.05) is 0 Å². The SMILES string of the molecule is CC(=C1C=CC=C1)C(C)S(=O)c1ccccc1. The lowest BCUT2D eigenvalue weighted by molar-refractivity contribution is 0.678. The Kier molecular flexibility index (Phi) is 3.75. The van der Waals surface area contributed by atoms with Crippen molar-refractivity contribution in [2.45, 2.75) is 24.0 Å². The number of benzene rings is 1. The molecular formula is C15H16OS. The average Bonchev–Trinajstić information content (AvgIpc) is 2.91. The second-order valence-electron chi connectivity index (χ2n) is 4.11. The molecule has 2 atom stereocenters. The van der Waals surface area contributed by atoms with Crippen LogP contribution in [0.15, 0.2) is 70.7 Å². The molecule has 0 saturated heterocycles. The third kappa shape index (κ3) is 2.64. The van der Waals surface area contributed by atoms with Gasteiger partial charge in [0.2, 0.25) is 0 Å². The van der Waals surface area contributed by atoms with E-state index in [1.807, 2.05) is 49.4 Å². The summed E-state index contributed by atoms with van der Waals surface area (Å²) >= 11 is 0. The van der Waals surface area contributed by atoms with Gasteiger partial charge in [0.05, 0.1) is 16.0 Å². The minimum Gasteiger partial charge on any atom is -0.254 e. The third-order valence-electron chi connectivity index (χ3n) is 3.02. The first kappa shape index (κ1) is 12.1. The van der Waals surface area contributed by atoms with Crippen LogP contribution in [0.5, 0.6) is 0 Å². The van der Waals surface area contributed by atoms with E-state index in [4.69, 9.17) is 0 Å². The maximum Gasteiger partial charge on any atom is 0.0599 e. The van der Waals surface area contributed by atoms with Crippen LogP contribution in [0.25, 0.3) is 0 Å². The van der Waals surface area contributed by atoms with E-state index in [2.05, 4.69) is 19.1 Å². The molecule has 0 radical (unpaired) electrons. The Morgan fingerprint density at radius 3 is 2.29 bits per heavy atom. The quantitative estimate of drug-likeness (QED) is 0.793. The minimum absolute atomic E-state index is 0.0415. The van der Waals surface area contributed by atoms with E-state index in [1.54, 1.807) is 0 Å². The molecule has 0 spiro atoms. The fourth-order valence-corrected chi connectivity index (χ4v) is 3.08. The zero-order valence-corrected chi connectivity index (χ0v) is 10.9. The van der Waals surface area contributed by atoms with E-state index in [0.717, 1.165) is 4.90 Å². The lowest BCUT2D eigenvalue weighted by atomic mass is 10.1. The highest BCUT2D eigenvalue weighted by molar-refractivity contribution is 7.85. The molecule has 2 unspecified atom stereocenters. The number of allylic oxidation sites excluding steroid dienone is 5. The molecule has 2 heteroatoms. The Morgan fingerprint density at radius 1 is 1.12 bits per heavy atom. The first-order chi connectivity index (χ1) is 8.20. The topological polar surface area (TPSA) is 17.1 Å². The standard InChI is InChI=1S/C15H16OS/c1-12(14-8-6-7-9-14)13(2)17(16)15-10-4-3-5-11-15/h3-11,13H,1-2H3. The summed E-state index contributed by atoms with van der Waals surface area (Å²) in [4.78, 5) is 0.894. The molecule has 0 saturated carbocycles. The molecule has 0 fully saturated rings. The molecule has 2 rings (SSSR count). The Labute approximate surface area is 105 Å². The van der Waals surface area contributed by atoms with Gasteiger partial charge in [-0.1, -0.05) is 48.1 Å². The Hall–Kier alpha value is -1.41. The van der Waals surface area contributed by atoms with Crippen molar-refractivity contribution in [2.24, 2.45) is 0 Å². The molecule has 1 aliphatic rings. The van der Waals surface area contributed by atoms with Crippen LogP contribution in [0.4, 0.5) is 0 Å². The lowest BCUT2D eigenvalue weighted by Crippen LogP contribution is -2.13. The lowest BCUT2D eigenvalue weighted by Gasteiger charge is -2.13. The summed E-state index contributed by atoms with van der Waals surface area (Å²) in [5, 5.41) is 0.0415. The summed E-state index contributed by atoms with van der Waals surface area (Å²) in [6.45, 7) is 4.08. The maximum atomic E-state index is 12.4. The normalized spacial score (nSPS) is 17.2. The van der Waals surface area contributed by atoms with Gasteiger partial charge in [0.15, 0.2) is 0 Å².